The van der Waals surface area contributed by atoms with Gasteiger partial charge in [-0.05, 0) is 67.8 Å². The van der Waals surface area contributed by atoms with Crippen molar-refractivity contribution in [2.24, 2.45) is 5.92 Å². The number of fused-ring (bicyclic) bond motifs is 1. The molecule has 0 unspecified atom stereocenters. The molecular weight excluding hydrogens is 266 g/mol. The fourth-order valence-electron chi connectivity index (χ4n) is 4.26. The largest absolute Gasteiger partial charge is 0.300 e. The molecule has 0 atom stereocenters. The monoisotopic (exact) mass is 291 g/mol. The van der Waals surface area contributed by atoms with Gasteiger partial charge in [-0.3, -0.25) is 4.90 Å². The Labute approximate surface area is 134 Å². The molecule has 1 heteroatoms. The highest BCUT2D eigenvalue weighted by molar-refractivity contribution is 5.33. The van der Waals surface area contributed by atoms with Crippen LogP contribution in [0.2, 0.25) is 0 Å². The Hall–Kier alpha value is -1.60. The van der Waals surface area contributed by atoms with E-state index < -0.39 is 0 Å². The molecule has 0 N–H and O–H groups in total. The molecule has 4 rings (SSSR count). The van der Waals surface area contributed by atoms with E-state index in [0.29, 0.717) is 0 Å². The van der Waals surface area contributed by atoms with E-state index in [-0.39, 0.29) is 0 Å². The van der Waals surface area contributed by atoms with E-state index in [1.54, 1.807) is 11.1 Å². The maximum atomic E-state index is 2.75. The van der Waals surface area contributed by atoms with Crippen molar-refractivity contribution in [1.82, 2.24) is 4.90 Å². The van der Waals surface area contributed by atoms with Crippen LogP contribution in [-0.2, 0) is 19.3 Å². The first-order chi connectivity index (χ1) is 10.9. The van der Waals surface area contributed by atoms with E-state index >= 15 is 0 Å². The Morgan fingerprint density at radius 1 is 0.773 bits per heavy atom. The third kappa shape index (κ3) is 2.96. The Bertz CT molecular complexity index is 586. The van der Waals surface area contributed by atoms with E-state index in [1.165, 1.54) is 50.8 Å². The fraction of sp³-hybridized carbons (Fsp3) is 0.429. The number of benzene rings is 2. The van der Waals surface area contributed by atoms with Gasteiger partial charge in [0.15, 0.2) is 0 Å². The average Bonchev–Trinajstić information content (AvgIpc) is 3.00. The normalized spacial score (nSPS) is 20.2. The summed E-state index contributed by atoms with van der Waals surface area (Å²) in [6, 6.07) is 20.8. The third-order valence-corrected chi connectivity index (χ3v) is 5.56. The molecule has 0 aromatic heterocycles. The number of rotatable bonds is 3. The summed E-state index contributed by atoms with van der Waals surface area (Å²) in [5, 5.41) is 0. The molecule has 1 fully saturated rings. The first kappa shape index (κ1) is 14.0. The van der Waals surface area contributed by atoms with E-state index in [1.807, 2.05) is 0 Å². The summed E-state index contributed by atoms with van der Waals surface area (Å²) in [4.78, 5) is 2.75. The molecule has 0 bridgehead atoms. The van der Waals surface area contributed by atoms with Gasteiger partial charge in [0, 0.05) is 6.04 Å². The average molecular weight is 291 g/mol. The summed E-state index contributed by atoms with van der Waals surface area (Å²) in [6.45, 7) is 2.58. The molecule has 1 nitrogen and oxygen atoms in total. The third-order valence-electron chi connectivity index (χ3n) is 5.56. The summed E-state index contributed by atoms with van der Waals surface area (Å²) >= 11 is 0. The smallest absolute Gasteiger partial charge is 0.0176 e. The lowest BCUT2D eigenvalue weighted by atomic mass is 9.89. The van der Waals surface area contributed by atoms with E-state index in [2.05, 4.69) is 59.5 Å². The van der Waals surface area contributed by atoms with Gasteiger partial charge in [-0.1, -0.05) is 54.6 Å². The van der Waals surface area contributed by atoms with Crippen molar-refractivity contribution in [3.63, 3.8) is 0 Å². The van der Waals surface area contributed by atoms with Gasteiger partial charge in [0.25, 0.3) is 0 Å². The molecular formula is C21H25N. The minimum Gasteiger partial charge on any atom is -0.300 e. The van der Waals surface area contributed by atoms with Crippen LogP contribution in [0.1, 0.15) is 29.5 Å². The molecule has 0 spiro atoms. The predicted octanol–water partition coefficient (Wildman–Crippen LogP) is 4.11. The maximum absolute atomic E-state index is 2.75. The maximum Gasteiger partial charge on any atom is 0.0176 e. The standard InChI is InChI=1S/C21H25N/c1-2-6-17(7-3-1)14-18-10-12-22(13-11-18)21-15-19-8-4-5-9-20(19)16-21/h1-9,18,21H,10-16H2. The lowest BCUT2D eigenvalue weighted by Crippen LogP contribution is -2.42. The van der Waals surface area contributed by atoms with Crippen molar-refractivity contribution in [3.05, 3.63) is 71.3 Å². The SMILES string of the molecule is c1ccc(CC2CCN(C3Cc4ccccc4C3)CC2)cc1. The number of hydrogen-bond acceptors (Lipinski definition) is 1. The molecule has 0 radical (unpaired) electrons. The molecule has 1 aliphatic heterocycles. The molecule has 1 aliphatic carbocycles. The van der Waals surface area contributed by atoms with Crippen LogP contribution in [0.3, 0.4) is 0 Å². The molecule has 0 amide bonds. The molecule has 22 heavy (non-hydrogen) atoms. The second-order valence-electron chi connectivity index (χ2n) is 7.00. The Morgan fingerprint density at radius 3 is 2.00 bits per heavy atom. The van der Waals surface area contributed by atoms with Crippen LogP contribution in [0.25, 0.3) is 0 Å². The van der Waals surface area contributed by atoms with Gasteiger partial charge in [0.05, 0.1) is 0 Å². The van der Waals surface area contributed by atoms with Crippen LogP contribution >= 0.6 is 0 Å². The van der Waals surface area contributed by atoms with Gasteiger partial charge >= 0.3 is 0 Å². The number of nitrogens with zero attached hydrogens (tertiary/aromatic N) is 1. The number of hydrogen-bond donors (Lipinski definition) is 0. The second kappa shape index (κ2) is 6.26. The second-order valence-corrected chi connectivity index (χ2v) is 7.00. The first-order valence-corrected chi connectivity index (χ1v) is 8.73. The van der Waals surface area contributed by atoms with Crippen molar-refractivity contribution in [1.29, 1.82) is 0 Å². The number of piperidine rings is 1. The van der Waals surface area contributed by atoms with Gasteiger partial charge in [0.2, 0.25) is 0 Å². The Balaban J connectivity index is 1.32. The van der Waals surface area contributed by atoms with Crippen LogP contribution in [0.4, 0.5) is 0 Å². The minimum atomic E-state index is 0.759. The van der Waals surface area contributed by atoms with Gasteiger partial charge < -0.3 is 0 Å². The zero-order chi connectivity index (χ0) is 14.8. The predicted molar refractivity (Wildman–Crippen MR) is 92.1 cm³/mol. The first-order valence-electron chi connectivity index (χ1n) is 8.73. The zero-order valence-electron chi connectivity index (χ0n) is 13.2. The lowest BCUT2D eigenvalue weighted by Gasteiger charge is -2.36. The van der Waals surface area contributed by atoms with Crippen molar-refractivity contribution in [2.75, 3.05) is 13.1 Å². The highest BCUT2D eigenvalue weighted by atomic mass is 15.2. The zero-order valence-corrected chi connectivity index (χ0v) is 13.2. The van der Waals surface area contributed by atoms with Gasteiger partial charge in [-0.15, -0.1) is 0 Å². The van der Waals surface area contributed by atoms with Crippen LogP contribution in [-0.4, -0.2) is 24.0 Å². The summed E-state index contributed by atoms with van der Waals surface area (Å²) in [6.07, 6.45) is 6.52. The van der Waals surface area contributed by atoms with Crippen molar-refractivity contribution < 1.29 is 0 Å². The van der Waals surface area contributed by atoms with Crippen molar-refractivity contribution >= 4 is 0 Å². The molecule has 114 valence electrons. The van der Waals surface area contributed by atoms with Crippen LogP contribution < -0.4 is 0 Å². The lowest BCUT2D eigenvalue weighted by molar-refractivity contribution is 0.136. The van der Waals surface area contributed by atoms with E-state index in [9.17, 15) is 0 Å². The molecule has 0 saturated carbocycles. The molecule has 2 aliphatic rings. The highest BCUT2D eigenvalue weighted by Crippen LogP contribution is 2.29. The summed E-state index contributed by atoms with van der Waals surface area (Å²) < 4.78 is 0. The summed E-state index contributed by atoms with van der Waals surface area (Å²) in [5.41, 5.74) is 4.67. The van der Waals surface area contributed by atoms with Gasteiger partial charge in [-0.25, -0.2) is 0 Å². The summed E-state index contributed by atoms with van der Waals surface area (Å²) in [7, 11) is 0. The molecule has 2 aromatic rings. The van der Waals surface area contributed by atoms with E-state index in [4.69, 9.17) is 0 Å². The summed E-state index contributed by atoms with van der Waals surface area (Å²) in [5.74, 6) is 0.877. The van der Waals surface area contributed by atoms with Crippen molar-refractivity contribution in [2.45, 2.75) is 38.1 Å². The minimum absolute atomic E-state index is 0.759. The van der Waals surface area contributed by atoms with Gasteiger partial charge in [-0.2, -0.15) is 0 Å². The van der Waals surface area contributed by atoms with Gasteiger partial charge in [0.1, 0.15) is 0 Å². The Morgan fingerprint density at radius 2 is 1.36 bits per heavy atom. The fourth-order valence-corrected chi connectivity index (χ4v) is 4.26. The van der Waals surface area contributed by atoms with Crippen LogP contribution in [0.5, 0.6) is 0 Å². The van der Waals surface area contributed by atoms with Crippen LogP contribution in [0.15, 0.2) is 54.6 Å². The quantitative estimate of drug-likeness (QED) is 0.822. The molecule has 1 saturated heterocycles. The number of likely N-dealkylation sites (tertiary alicyclic amines) is 1. The van der Waals surface area contributed by atoms with E-state index in [0.717, 1.165) is 12.0 Å². The Kier molecular flexibility index (Phi) is 3.99. The topological polar surface area (TPSA) is 3.24 Å². The highest BCUT2D eigenvalue weighted by Gasteiger charge is 2.29. The van der Waals surface area contributed by atoms with Crippen molar-refractivity contribution in [3.8, 4) is 0 Å². The molecule has 2 aromatic carbocycles. The van der Waals surface area contributed by atoms with Crippen LogP contribution in [0, 0.1) is 5.92 Å². The molecule has 1 heterocycles.